The average molecular weight is 962 g/mol. The van der Waals surface area contributed by atoms with E-state index in [2.05, 4.69) is 20.8 Å². The van der Waals surface area contributed by atoms with Crippen molar-refractivity contribution in [2.24, 2.45) is 0 Å². The molecule has 0 unspecified atom stereocenters. The van der Waals surface area contributed by atoms with Gasteiger partial charge in [-0.25, -0.2) is 0 Å². The molecule has 0 aliphatic heterocycles. The first-order valence-electron chi connectivity index (χ1n) is 31.0. The minimum absolute atomic E-state index is 0.0607. The molecule has 0 aromatic carbocycles. The minimum Gasteiger partial charge on any atom is -0.462 e. The summed E-state index contributed by atoms with van der Waals surface area (Å²) < 4.78 is 16.9. The van der Waals surface area contributed by atoms with Crippen LogP contribution in [0.5, 0.6) is 0 Å². The first-order valence-corrected chi connectivity index (χ1v) is 31.0. The smallest absolute Gasteiger partial charge is 0.306 e. The molecule has 0 N–H and O–H groups in total. The van der Waals surface area contributed by atoms with E-state index in [1.807, 2.05) is 0 Å². The Morgan fingerprint density at radius 3 is 0.588 bits per heavy atom. The maximum Gasteiger partial charge on any atom is 0.306 e. The lowest BCUT2D eigenvalue weighted by Gasteiger charge is -2.18. The number of carbonyl (C=O) groups is 3. The number of rotatable bonds is 58. The Kier molecular flexibility index (Phi) is 56.6. The monoisotopic (exact) mass is 961 g/mol. The molecule has 0 spiro atoms. The Hall–Kier alpha value is -1.59. The maximum atomic E-state index is 12.9. The van der Waals surface area contributed by atoms with Crippen LogP contribution < -0.4 is 0 Å². The Morgan fingerprint density at radius 1 is 0.235 bits per heavy atom. The van der Waals surface area contributed by atoms with E-state index in [0.29, 0.717) is 19.3 Å². The van der Waals surface area contributed by atoms with Crippen LogP contribution in [0.4, 0.5) is 0 Å². The third-order valence-electron chi connectivity index (χ3n) is 14.4. The van der Waals surface area contributed by atoms with Crippen molar-refractivity contribution < 1.29 is 28.6 Å². The normalized spacial score (nSPS) is 11.9. The molecule has 0 aliphatic carbocycles. The maximum absolute atomic E-state index is 12.9. The molecule has 1 atom stereocenters. The lowest BCUT2D eigenvalue weighted by molar-refractivity contribution is -0.167. The van der Waals surface area contributed by atoms with E-state index in [1.165, 1.54) is 263 Å². The van der Waals surface area contributed by atoms with Crippen LogP contribution >= 0.6 is 0 Å². The Labute approximate surface area is 425 Å². The highest BCUT2D eigenvalue weighted by molar-refractivity contribution is 5.71. The van der Waals surface area contributed by atoms with Gasteiger partial charge in [-0.15, -0.1) is 0 Å². The van der Waals surface area contributed by atoms with Gasteiger partial charge >= 0.3 is 17.9 Å². The molecule has 68 heavy (non-hydrogen) atoms. The van der Waals surface area contributed by atoms with Crippen LogP contribution in [0.2, 0.25) is 0 Å². The zero-order valence-corrected chi connectivity index (χ0v) is 46.4. The Morgan fingerprint density at radius 2 is 0.397 bits per heavy atom. The van der Waals surface area contributed by atoms with E-state index >= 15 is 0 Å². The average Bonchev–Trinajstić information content (AvgIpc) is 3.34. The number of hydrogen-bond donors (Lipinski definition) is 0. The van der Waals surface area contributed by atoms with Gasteiger partial charge in [0.1, 0.15) is 13.2 Å². The Bertz CT molecular complexity index is 1010. The fraction of sp³-hybridized carbons (Fsp3) is 0.952. The zero-order chi connectivity index (χ0) is 49.3. The van der Waals surface area contributed by atoms with Crippen LogP contribution in [0.3, 0.4) is 0 Å². The molecule has 0 saturated heterocycles. The first kappa shape index (κ1) is 66.4. The molecule has 0 amide bonds. The van der Waals surface area contributed by atoms with Crippen molar-refractivity contribution in [1.82, 2.24) is 0 Å². The van der Waals surface area contributed by atoms with E-state index in [4.69, 9.17) is 14.2 Å². The third kappa shape index (κ3) is 55.3. The largest absolute Gasteiger partial charge is 0.462 e. The number of carbonyl (C=O) groups excluding carboxylic acids is 3. The van der Waals surface area contributed by atoms with Crippen LogP contribution in [0.15, 0.2) is 0 Å². The summed E-state index contributed by atoms with van der Waals surface area (Å²) in [5.74, 6) is -0.827. The summed E-state index contributed by atoms with van der Waals surface area (Å²) >= 11 is 0. The predicted molar refractivity (Wildman–Crippen MR) is 294 cm³/mol. The third-order valence-corrected chi connectivity index (χ3v) is 14.4. The van der Waals surface area contributed by atoms with Crippen molar-refractivity contribution in [1.29, 1.82) is 0 Å². The number of esters is 3. The lowest BCUT2D eigenvalue weighted by atomic mass is 10.0. The van der Waals surface area contributed by atoms with Gasteiger partial charge in [0.15, 0.2) is 6.10 Å². The quantitative estimate of drug-likeness (QED) is 0.0343. The highest BCUT2D eigenvalue weighted by Gasteiger charge is 2.19. The fourth-order valence-electron chi connectivity index (χ4n) is 9.68. The molecule has 6 nitrogen and oxygen atoms in total. The number of ether oxygens (including phenoxy) is 3. The standard InChI is InChI=1S/C62H120O6/c1-4-7-10-13-16-19-22-25-27-29-31-33-34-37-40-43-46-49-52-55-61(64)67-58-59(57-66-60(63)54-51-48-45-42-39-36-24-21-18-15-12-9-6-3)68-62(65)56-53-50-47-44-41-38-35-32-30-28-26-23-20-17-14-11-8-5-2/h59H,4-58H2,1-3H3/t59-/m0/s1. The summed E-state index contributed by atoms with van der Waals surface area (Å²) in [4.78, 5) is 38.2. The van der Waals surface area contributed by atoms with Gasteiger partial charge in [0.2, 0.25) is 0 Å². The van der Waals surface area contributed by atoms with E-state index in [1.54, 1.807) is 0 Å². The molecule has 0 radical (unpaired) electrons. The molecule has 0 aromatic rings. The van der Waals surface area contributed by atoms with Gasteiger partial charge in [0, 0.05) is 19.3 Å². The van der Waals surface area contributed by atoms with Crippen molar-refractivity contribution >= 4 is 17.9 Å². The Balaban J connectivity index is 4.26. The van der Waals surface area contributed by atoms with Crippen molar-refractivity contribution in [2.75, 3.05) is 13.2 Å². The van der Waals surface area contributed by atoms with Gasteiger partial charge in [0.25, 0.3) is 0 Å². The van der Waals surface area contributed by atoms with E-state index in [-0.39, 0.29) is 31.1 Å². The van der Waals surface area contributed by atoms with E-state index < -0.39 is 6.10 Å². The van der Waals surface area contributed by atoms with Gasteiger partial charge in [-0.3, -0.25) is 14.4 Å². The topological polar surface area (TPSA) is 78.9 Å². The molecular weight excluding hydrogens is 841 g/mol. The molecule has 0 bridgehead atoms. The summed E-state index contributed by atoms with van der Waals surface area (Å²) in [7, 11) is 0. The van der Waals surface area contributed by atoms with Crippen molar-refractivity contribution in [2.45, 2.75) is 367 Å². The second kappa shape index (κ2) is 58.0. The van der Waals surface area contributed by atoms with Crippen molar-refractivity contribution in [3.63, 3.8) is 0 Å². The second-order valence-corrected chi connectivity index (χ2v) is 21.3. The molecule has 0 aromatic heterocycles. The summed E-state index contributed by atoms with van der Waals surface area (Å²) in [6.07, 6.45) is 65.3. The van der Waals surface area contributed by atoms with Crippen LogP contribution in [-0.2, 0) is 28.6 Å². The number of unbranched alkanes of at least 4 members (excludes halogenated alkanes) is 47. The van der Waals surface area contributed by atoms with E-state index in [0.717, 1.165) is 57.8 Å². The number of hydrogen-bond acceptors (Lipinski definition) is 6. The summed E-state index contributed by atoms with van der Waals surface area (Å²) in [6.45, 7) is 6.72. The molecule has 404 valence electrons. The van der Waals surface area contributed by atoms with Gasteiger partial charge in [0.05, 0.1) is 0 Å². The van der Waals surface area contributed by atoms with Gasteiger partial charge in [-0.1, -0.05) is 323 Å². The SMILES string of the molecule is CCCCCCCCCCCCCCCCCCCCCC(=O)OC[C@H](COC(=O)CCCCCCCCCCCCCCC)OC(=O)CCCCCCCCCCCCCCCCCCCC. The highest BCUT2D eigenvalue weighted by atomic mass is 16.6. The highest BCUT2D eigenvalue weighted by Crippen LogP contribution is 2.18. The molecule has 0 fully saturated rings. The van der Waals surface area contributed by atoms with Crippen molar-refractivity contribution in [3.05, 3.63) is 0 Å². The lowest BCUT2D eigenvalue weighted by Crippen LogP contribution is -2.30. The fourth-order valence-corrected chi connectivity index (χ4v) is 9.68. The van der Waals surface area contributed by atoms with Crippen LogP contribution in [0, 0.1) is 0 Å². The van der Waals surface area contributed by atoms with Gasteiger partial charge < -0.3 is 14.2 Å². The summed E-state index contributed by atoms with van der Waals surface area (Å²) in [5.41, 5.74) is 0. The van der Waals surface area contributed by atoms with Crippen LogP contribution in [-0.4, -0.2) is 37.2 Å². The predicted octanol–water partition coefficient (Wildman–Crippen LogP) is 20.7. The zero-order valence-electron chi connectivity index (χ0n) is 46.4. The van der Waals surface area contributed by atoms with Crippen molar-refractivity contribution in [3.8, 4) is 0 Å². The molecule has 6 heteroatoms. The molecule has 0 saturated carbocycles. The first-order chi connectivity index (χ1) is 33.5. The van der Waals surface area contributed by atoms with Gasteiger partial charge in [-0.05, 0) is 19.3 Å². The molecule has 0 heterocycles. The molecular formula is C62H120O6. The van der Waals surface area contributed by atoms with Gasteiger partial charge in [-0.2, -0.15) is 0 Å². The van der Waals surface area contributed by atoms with E-state index in [9.17, 15) is 14.4 Å². The molecule has 0 aliphatic rings. The minimum atomic E-state index is -0.761. The second-order valence-electron chi connectivity index (χ2n) is 21.3. The van der Waals surface area contributed by atoms with Crippen LogP contribution in [0.25, 0.3) is 0 Å². The summed E-state index contributed by atoms with van der Waals surface area (Å²) in [5, 5.41) is 0. The summed E-state index contributed by atoms with van der Waals surface area (Å²) in [6, 6.07) is 0. The molecule has 0 rings (SSSR count). The van der Waals surface area contributed by atoms with Crippen LogP contribution in [0.1, 0.15) is 361 Å².